The van der Waals surface area contributed by atoms with Gasteiger partial charge in [0, 0.05) is 25.4 Å². The summed E-state index contributed by atoms with van der Waals surface area (Å²) in [6.45, 7) is 0.144. The molecule has 0 spiro atoms. The van der Waals surface area contributed by atoms with E-state index in [2.05, 4.69) is 0 Å². The summed E-state index contributed by atoms with van der Waals surface area (Å²) in [7, 11) is -4.23. The predicted molar refractivity (Wildman–Crippen MR) is 81.6 cm³/mol. The molecule has 1 aromatic rings. The van der Waals surface area contributed by atoms with Gasteiger partial charge in [-0.05, 0) is 18.6 Å². The van der Waals surface area contributed by atoms with Crippen LogP contribution in [0.5, 0.6) is 11.5 Å². The van der Waals surface area contributed by atoms with E-state index in [4.69, 9.17) is 9.47 Å². The average molecular weight is 349 g/mol. The van der Waals surface area contributed by atoms with Gasteiger partial charge in [-0.15, -0.1) is 0 Å². The molecule has 0 aliphatic carbocycles. The average Bonchev–Trinajstić information content (AvgIpc) is 2.97. The van der Waals surface area contributed by atoms with E-state index in [1.54, 1.807) is 0 Å². The van der Waals surface area contributed by atoms with E-state index < -0.39 is 25.1 Å². The molecule has 0 N–H and O–H groups in total. The summed E-state index contributed by atoms with van der Waals surface area (Å²) in [5.74, 6) is 0.647. The van der Waals surface area contributed by atoms with Gasteiger partial charge in [-0.2, -0.15) is 4.31 Å². The van der Waals surface area contributed by atoms with Crippen LogP contribution in [0.15, 0.2) is 23.1 Å². The molecule has 1 saturated heterocycles. The molecule has 1 aliphatic heterocycles. The molecule has 0 radical (unpaired) electrons. The summed E-state index contributed by atoms with van der Waals surface area (Å²) in [4.78, 5) is 0.00458. The van der Waals surface area contributed by atoms with Crippen LogP contribution in [0.4, 0.5) is 0 Å². The molecule has 1 aliphatic rings. The normalized spacial score (nSPS) is 20.0. The van der Waals surface area contributed by atoms with Crippen molar-refractivity contribution in [3.63, 3.8) is 0 Å². The predicted octanol–water partition coefficient (Wildman–Crippen LogP) is 0.511. The van der Waals surface area contributed by atoms with Gasteiger partial charge in [0.1, 0.15) is 16.4 Å². The van der Waals surface area contributed by atoms with Crippen LogP contribution < -0.4 is 9.47 Å². The Morgan fingerprint density at radius 3 is 2.32 bits per heavy atom. The Morgan fingerprint density at radius 1 is 1.14 bits per heavy atom. The van der Waals surface area contributed by atoms with Gasteiger partial charge in [0.05, 0.1) is 19.5 Å². The molecule has 1 aromatic carbocycles. The SMILES string of the molecule is COc1ccc(S(=O)(=O)N2CCC(S(C)(=O)=O)C2)c(OC)c1. The summed E-state index contributed by atoms with van der Waals surface area (Å²) in [6, 6.07) is 4.41. The van der Waals surface area contributed by atoms with Gasteiger partial charge < -0.3 is 9.47 Å². The Kier molecular flexibility index (Phi) is 4.69. The third-order valence-corrected chi connectivity index (χ3v) is 7.20. The first-order valence-corrected chi connectivity index (χ1v) is 10.0. The molecule has 124 valence electrons. The Labute approximate surface area is 130 Å². The molecule has 9 heteroatoms. The molecule has 2 rings (SSSR count). The number of sulfonamides is 1. The topological polar surface area (TPSA) is 90.0 Å². The third-order valence-electron chi connectivity index (χ3n) is 3.70. The number of nitrogens with zero attached hydrogens (tertiary/aromatic N) is 1. The molecule has 7 nitrogen and oxygen atoms in total. The molecule has 22 heavy (non-hydrogen) atoms. The van der Waals surface area contributed by atoms with Crippen LogP contribution in [-0.4, -0.2) is 60.0 Å². The van der Waals surface area contributed by atoms with E-state index in [-0.39, 0.29) is 23.7 Å². The van der Waals surface area contributed by atoms with Crippen LogP contribution in [0.3, 0.4) is 0 Å². The molecular formula is C13H19NO6S2. The van der Waals surface area contributed by atoms with E-state index in [1.165, 1.54) is 36.7 Å². The molecule has 0 saturated carbocycles. The van der Waals surface area contributed by atoms with Crippen molar-refractivity contribution in [3.05, 3.63) is 18.2 Å². The molecule has 0 amide bonds. The lowest BCUT2D eigenvalue weighted by Crippen LogP contribution is -2.31. The summed E-state index contributed by atoms with van der Waals surface area (Å²) in [5.41, 5.74) is 0. The minimum Gasteiger partial charge on any atom is -0.497 e. The third kappa shape index (κ3) is 3.21. The lowest BCUT2D eigenvalue weighted by Gasteiger charge is -2.18. The van der Waals surface area contributed by atoms with Gasteiger partial charge >= 0.3 is 0 Å². The van der Waals surface area contributed by atoms with Crippen molar-refractivity contribution < 1.29 is 26.3 Å². The smallest absolute Gasteiger partial charge is 0.246 e. The maximum atomic E-state index is 12.7. The van der Waals surface area contributed by atoms with Gasteiger partial charge in [-0.1, -0.05) is 0 Å². The molecule has 1 unspecified atom stereocenters. The highest BCUT2D eigenvalue weighted by atomic mass is 32.2. The number of ether oxygens (including phenoxy) is 2. The number of rotatable bonds is 5. The van der Waals surface area contributed by atoms with E-state index in [9.17, 15) is 16.8 Å². The zero-order valence-corrected chi connectivity index (χ0v) is 14.3. The molecular weight excluding hydrogens is 330 g/mol. The van der Waals surface area contributed by atoms with E-state index in [1.807, 2.05) is 0 Å². The van der Waals surface area contributed by atoms with E-state index >= 15 is 0 Å². The summed E-state index contributed by atoms with van der Waals surface area (Å²) in [6.07, 6.45) is 1.43. The zero-order chi connectivity index (χ0) is 16.5. The first kappa shape index (κ1) is 17.0. The maximum Gasteiger partial charge on any atom is 0.246 e. The lowest BCUT2D eigenvalue weighted by atomic mass is 10.3. The van der Waals surface area contributed by atoms with Crippen LogP contribution in [0.25, 0.3) is 0 Å². The molecule has 1 atom stereocenters. The van der Waals surface area contributed by atoms with E-state index in [0.717, 1.165) is 6.26 Å². The Morgan fingerprint density at radius 2 is 1.82 bits per heavy atom. The Balaban J connectivity index is 2.36. The quantitative estimate of drug-likeness (QED) is 0.769. The largest absolute Gasteiger partial charge is 0.497 e. The van der Waals surface area contributed by atoms with E-state index in [0.29, 0.717) is 12.2 Å². The van der Waals surface area contributed by atoms with Crippen LogP contribution in [0.2, 0.25) is 0 Å². The standard InChI is InChI=1S/C13H19NO6S2/c1-19-10-4-5-13(12(8-10)20-2)22(17,18)14-7-6-11(9-14)21(3,15)16/h4-5,8,11H,6-7,9H2,1-3H3. The van der Waals surface area contributed by atoms with Crippen LogP contribution in [-0.2, 0) is 19.9 Å². The first-order chi connectivity index (χ1) is 10.2. The number of methoxy groups -OCH3 is 2. The van der Waals surface area contributed by atoms with Crippen LogP contribution in [0, 0.1) is 0 Å². The fourth-order valence-electron chi connectivity index (χ4n) is 2.39. The minimum absolute atomic E-state index is 0.00458. The van der Waals surface area contributed by atoms with Crippen molar-refractivity contribution in [3.8, 4) is 11.5 Å². The van der Waals surface area contributed by atoms with Crippen LogP contribution >= 0.6 is 0 Å². The molecule has 1 fully saturated rings. The van der Waals surface area contributed by atoms with Gasteiger partial charge in [0.2, 0.25) is 10.0 Å². The Bertz CT molecular complexity index is 757. The van der Waals surface area contributed by atoms with Gasteiger partial charge in [0.25, 0.3) is 0 Å². The van der Waals surface area contributed by atoms with Crippen molar-refractivity contribution in [2.45, 2.75) is 16.6 Å². The van der Waals surface area contributed by atoms with Gasteiger partial charge in [0.15, 0.2) is 9.84 Å². The monoisotopic (exact) mass is 349 g/mol. The Hall–Kier alpha value is -1.32. The van der Waals surface area contributed by atoms with Crippen molar-refractivity contribution >= 4 is 19.9 Å². The number of hydrogen-bond acceptors (Lipinski definition) is 6. The highest BCUT2D eigenvalue weighted by molar-refractivity contribution is 7.91. The molecule has 1 heterocycles. The van der Waals surface area contributed by atoms with Gasteiger partial charge in [-0.25, -0.2) is 16.8 Å². The summed E-state index contributed by atoms with van der Waals surface area (Å²) >= 11 is 0. The summed E-state index contributed by atoms with van der Waals surface area (Å²) < 4.78 is 59.9. The fourth-order valence-corrected chi connectivity index (χ4v) is 5.11. The maximum absolute atomic E-state index is 12.7. The van der Waals surface area contributed by atoms with Crippen molar-refractivity contribution in [1.82, 2.24) is 4.31 Å². The molecule has 0 bridgehead atoms. The minimum atomic E-state index is -3.81. The first-order valence-electron chi connectivity index (χ1n) is 6.61. The highest BCUT2D eigenvalue weighted by Crippen LogP contribution is 2.32. The second kappa shape index (κ2) is 6.05. The van der Waals surface area contributed by atoms with Crippen molar-refractivity contribution in [2.75, 3.05) is 33.6 Å². The number of sulfone groups is 1. The highest BCUT2D eigenvalue weighted by Gasteiger charge is 2.38. The zero-order valence-electron chi connectivity index (χ0n) is 12.6. The second-order valence-corrected chi connectivity index (χ2v) is 9.35. The summed E-state index contributed by atoms with van der Waals surface area (Å²) in [5, 5.41) is -0.661. The number of hydrogen-bond donors (Lipinski definition) is 0. The van der Waals surface area contributed by atoms with Crippen molar-refractivity contribution in [1.29, 1.82) is 0 Å². The fraction of sp³-hybridized carbons (Fsp3) is 0.538. The second-order valence-electron chi connectivity index (χ2n) is 5.12. The van der Waals surface area contributed by atoms with Crippen LogP contribution in [0.1, 0.15) is 6.42 Å². The van der Waals surface area contributed by atoms with Gasteiger partial charge in [-0.3, -0.25) is 0 Å². The lowest BCUT2D eigenvalue weighted by molar-refractivity contribution is 0.383. The number of benzene rings is 1. The van der Waals surface area contributed by atoms with Crippen molar-refractivity contribution in [2.24, 2.45) is 0 Å². The molecule has 0 aromatic heterocycles.